The maximum Gasteiger partial charge on any atom is 0.306 e. The van der Waals surface area contributed by atoms with E-state index in [1.807, 2.05) is 72.9 Å². The van der Waals surface area contributed by atoms with E-state index in [0.29, 0.717) is 12.8 Å². The average Bonchev–Trinajstić information content (AvgIpc) is 3.45. The fraction of sp³-hybridized carbons (Fsp3) is 0.618. The number of aliphatic hydroxyl groups excluding tert-OH is 5. The van der Waals surface area contributed by atoms with E-state index >= 15 is 0 Å². The van der Waals surface area contributed by atoms with Crippen LogP contribution in [0.4, 0.5) is 0 Å². The highest BCUT2D eigenvalue weighted by molar-refractivity contribution is 5.80. The van der Waals surface area contributed by atoms with Crippen molar-refractivity contribution in [2.45, 2.75) is 256 Å². The molecule has 0 saturated carbocycles. The summed E-state index contributed by atoms with van der Waals surface area (Å²) in [5, 5.41) is 56.9. The molecule has 11 nitrogen and oxygen atoms in total. The first-order valence-corrected chi connectivity index (χ1v) is 30.7. The number of nitrogens with one attached hydrogen (secondary N) is 1. The van der Waals surface area contributed by atoms with Crippen molar-refractivity contribution in [3.8, 4) is 0 Å². The summed E-state index contributed by atoms with van der Waals surface area (Å²) >= 11 is 0. The number of hydrogen-bond donors (Lipinski definition) is 6. The number of esters is 1. The first-order valence-electron chi connectivity index (χ1n) is 30.7. The summed E-state index contributed by atoms with van der Waals surface area (Å²) < 4.78 is 17.6. The Hall–Kier alpha value is -4.46. The summed E-state index contributed by atoms with van der Waals surface area (Å²) in [6, 6.07) is -1.06. The highest BCUT2D eigenvalue weighted by Gasteiger charge is 2.47. The van der Waals surface area contributed by atoms with Crippen LogP contribution in [0.25, 0.3) is 0 Å². The molecule has 79 heavy (non-hydrogen) atoms. The molecule has 0 aromatic rings. The van der Waals surface area contributed by atoms with Gasteiger partial charge in [0.1, 0.15) is 24.4 Å². The Labute approximate surface area is 479 Å². The van der Waals surface area contributed by atoms with E-state index in [9.17, 15) is 35.1 Å². The van der Waals surface area contributed by atoms with Crippen molar-refractivity contribution in [3.63, 3.8) is 0 Å². The molecule has 1 saturated heterocycles. The molecule has 0 aliphatic carbocycles. The predicted octanol–water partition coefficient (Wildman–Crippen LogP) is 14.6. The van der Waals surface area contributed by atoms with E-state index < -0.39 is 67.4 Å². The first-order chi connectivity index (χ1) is 38.7. The van der Waals surface area contributed by atoms with Crippen LogP contribution in [0.1, 0.15) is 207 Å². The number of rotatable bonds is 49. The van der Waals surface area contributed by atoms with Crippen LogP contribution in [0.15, 0.2) is 146 Å². The number of hydrogen-bond acceptors (Lipinski definition) is 10. The van der Waals surface area contributed by atoms with Gasteiger partial charge in [-0.25, -0.2) is 0 Å². The number of allylic oxidation sites excluding steroid dienone is 23. The van der Waals surface area contributed by atoms with E-state index in [0.717, 1.165) is 122 Å². The topological polar surface area (TPSA) is 175 Å². The molecule has 0 radical (unpaired) electrons. The summed E-state index contributed by atoms with van der Waals surface area (Å²) in [6.07, 6.45) is 67.4. The smallest absolute Gasteiger partial charge is 0.306 e. The van der Waals surface area contributed by atoms with Crippen molar-refractivity contribution in [2.75, 3.05) is 13.2 Å². The molecule has 1 fully saturated rings. The zero-order valence-corrected chi connectivity index (χ0v) is 49.2. The second-order valence-electron chi connectivity index (χ2n) is 20.5. The minimum absolute atomic E-state index is 0.0950. The summed E-state index contributed by atoms with van der Waals surface area (Å²) in [5.41, 5.74) is 0. The van der Waals surface area contributed by atoms with E-state index in [4.69, 9.17) is 14.2 Å². The van der Waals surface area contributed by atoms with Crippen LogP contribution in [0.3, 0.4) is 0 Å². The summed E-state index contributed by atoms with van der Waals surface area (Å²) in [4.78, 5) is 26.5. The molecule has 1 aliphatic rings. The largest absolute Gasteiger partial charge is 0.454 e. The van der Waals surface area contributed by atoms with Gasteiger partial charge in [0.05, 0.1) is 25.4 Å². The summed E-state index contributed by atoms with van der Waals surface area (Å²) in [5.74, 6) is -1.27. The second-order valence-corrected chi connectivity index (χ2v) is 20.5. The standard InChI is InChI=1S/C68H109NO10/c1-4-7-10-13-16-19-22-24-26-28-29-30-31-32-33-34-36-38-41-44-47-50-53-56-63(73)79-66-65(75)64(74)62(57-70)78-68(66)77-58-59(60(71)54-51-48-45-42-39-21-18-15-12-9-6-3)69-67(76)61(72)55-52-49-46-43-40-37-35-27-25-23-20-17-14-11-8-5-2/h7-8,10-11,14,16-17,19-20,23-27,29-30,32-33,35,37,40,43,51,54,59-62,64-66,68,70-72,74-75H,4-6,9,12-13,15,18,21-22,28,31,34,36,38-39,41-42,44-50,52-53,55-58H2,1-3H3,(H,69,76)/b10-7-,11-8-,17-14+,19-16-,23-20+,26-24-,27-25-,30-29-,33-32-,37-35+,43-40+,54-51+. The van der Waals surface area contributed by atoms with Crippen molar-refractivity contribution < 1.29 is 49.3 Å². The molecule has 1 aliphatic heterocycles. The third-order valence-corrected chi connectivity index (χ3v) is 13.4. The SMILES string of the molecule is CC\C=C/C=C/C=C/C=C\C=C\C=C\CCCCC(O)C(=O)NC(COC1OC(CO)C(O)C(O)C1OC(=O)CCCCCCCCC/C=C\C/C=C\C/C=C\C/C=C\C/C=C\CC)C(O)/C=C/CCCCCCCCCCC. The molecule has 8 atom stereocenters. The molecule has 11 heteroatoms. The van der Waals surface area contributed by atoms with Gasteiger partial charge in [-0.1, -0.05) is 256 Å². The average molecular weight is 1100 g/mol. The number of ether oxygens (including phenoxy) is 3. The van der Waals surface area contributed by atoms with Crippen LogP contribution in [-0.2, 0) is 23.8 Å². The monoisotopic (exact) mass is 1100 g/mol. The molecule has 1 rings (SSSR count). The zero-order chi connectivity index (χ0) is 57.5. The van der Waals surface area contributed by atoms with Crippen molar-refractivity contribution in [3.05, 3.63) is 146 Å². The van der Waals surface area contributed by atoms with Crippen molar-refractivity contribution in [1.82, 2.24) is 5.32 Å². The number of carbonyl (C=O) groups excluding carboxylic acids is 2. The third kappa shape index (κ3) is 42.1. The van der Waals surface area contributed by atoms with Gasteiger partial charge in [-0.05, 0) is 89.9 Å². The van der Waals surface area contributed by atoms with Gasteiger partial charge in [0, 0.05) is 6.42 Å². The molecule has 1 heterocycles. The maximum absolute atomic E-state index is 13.4. The van der Waals surface area contributed by atoms with Gasteiger partial charge in [0.15, 0.2) is 12.4 Å². The van der Waals surface area contributed by atoms with Crippen molar-refractivity contribution >= 4 is 11.9 Å². The Morgan fingerprint density at radius 2 is 0.975 bits per heavy atom. The van der Waals surface area contributed by atoms with Gasteiger partial charge in [-0.3, -0.25) is 9.59 Å². The quantitative estimate of drug-likeness (QED) is 0.0149. The number of aliphatic hydroxyl groups is 5. The molecule has 0 aromatic carbocycles. The van der Waals surface area contributed by atoms with Gasteiger partial charge >= 0.3 is 5.97 Å². The Balaban J connectivity index is 2.69. The Morgan fingerprint density at radius 3 is 1.52 bits per heavy atom. The van der Waals surface area contributed by atoms with Gasteiger partial charge in [0.25, 0.3) is 0 Å². The number of unbranched alkanes of at least 4 members (excludes halogenated alkanes) is 18. The van der Waals surface area contributed by atoms with Gasteiger partial charge in [0.2, 0.25) is 5.91 Å². The normalized spacial score (nSPS) is 19.9. The molecule has 1 amide bonds. The zero-order valence-electron chi connectivity index (χ0n) is 49.2. The summed E-state index contributed by atoms with van der Waals surface area (Å²) in [7, 11) is 0. The third-order valence-electron chi connectivity index (χ3n) is 13.4. The predicted molar refractivity (Wildman–Crippen MR) is 328 cm³/mol. The van der Waals surface area contributed by atoms with Gasteiger partial charge in [-0.2, -0.15) is 0 Å². The van der Waals surface area contributed by atoms with Crippen LogP contribution in [0.2, 0.25) is 0 Å². The van der Waals surface area contributed by atoms with Crippen molar-refractivity contribution in [2.24, 2.45) is 0 Å². The lowest BCUT2D eigenvalue weighted by molar-refractivity contribution is -0.305. The lowest BCUT2D eigenvalue weighted by Crippen LogP contribution is -2.61. The Kier molecular flexibility index (Phi) is 49.7. The van der Waals surface area contributed by atoms with Crippen LogP contribution < -0.4 is 5.32 Å². The highest BCUT2D eigenvalue weighted by Crippen LogP contribution is 2.26. The fourth-order valence-corrected chi connectivity index (χ4v) is 8.59. The van der Waals surface area contributed by atoms with Crippen LogP contribution >= 0.6 is 0 Å². The molecule has 0 spiro atoms. The van der Waals surface area contributed by atoms with E-state index in [1.165, 1.54) is 38.5 Å². The molecule has 446 valence electrons. The fourth-order valence-electron chi connectivity index (χ4n) is 8.59. The molecule has 0 aromatic heterocycles. The summed E-state index contributed by atoms with van der Waals surface area (Å²) in [6.45, 7) is 5.46. The Morgan fingerprint density at radius 1 is 0.519 bits per heavy atom. The van der Waals surface area contributed by atoms with E-state index in [-0.39, 0.29) is 19.4 Å². The number of carbonyl (C=O) groups is 2. The number of amides is 1. The van der Waals surface area contributed by atoms with Crippen molar-refractivity contribution in [1.29, 1.82) is 0 Å². The lowest BCUT2D eigenvalue weighted by Gasteiger charge is -2.41. The minimum atomic E-state index is -1.64. The maximum atomic E-state index is 13.4. The highest BCUT2D eigenvalue weighted by atomic mass is 16.7. The first kappa shape index (κ1) is 72.6. The second kappa shape index (κ2) is 54.1. The molecular weight excluding hydrogens is 991 g/mol. The van der Waals surface area contributed by atoms with E-state index in [2.05, 4.69) is 92.9 Å². The minimum Gasteiger partial charge on any atom is -0.454 e. The van der Waals surface area contributed by atoms with Crippen LogP contribution in [0.5, 0.6) is 0 Å². The molecular formula is C68H109NO10. The van der Waals surface area contributed by atoms with E-state index in [1.54, 1.807) is 6.08 Å². The molecule has 6 N–H and O–H groups in total. The Bertz CT molecular complexity index is 1840. The van der Waals surface area contributed by atoms with Gasteiger partial charge in [-0.15, -0.1) is 0 Å². The lowest BCUT2D eigenvalue weighted by atomic mass is 9.99. The van der Waals surface area contributed by atoms with Crippen LogP contribution in [-0.4, -0.2) is 99.6 Å². The molecule has 0 bridgehead atoms. The van der Waals surface area contributed by atoms with Crippen LogP contribution in [0, 0.1) is 0 Å². The molecule has 8 unspecified atom stereocenters. The van der Waals surface area contributed by atoms with Gasteiger partial charge < -0.3 is 45.1 Å².